The Morgan fingerprint density at radius 1 is 1.15 bits per heavy atom. The lowest BCUT2D eigenvalue weighted by molar-refractivity contribution is 0.0259. The third-order valence-corrected chi connectivity index (χ3v) is 8.49. The number of benzene rings is 1. The van der Waals surface area contributed by atoms with Crippen molar-refractivity contribution < 1.29 is 23.0 Å². The average molecular weight is 551 g/mol. The molecule has 0 radical (unpaired) electrons. The van der Waals surface area contributed by atoms with E-state index in [9.17, 15) is 14.0 Å². The Morgan fingerprint density at radius 3 is 2.51 bits per heavy atom. The molecule has 5 rings (SSSR count). The summed E-state index contributed by atoms with van der Waals surface area (Å²) in [5.41, 5.74) is -0.633. The number of rotatable bonds is 9. The Morgan fingerprint density at radius 2 is 1.92 bits per heavy atom. The topological polar surface area (TPSA) is 64.0 Å². The molecule has 1 saturated carbocycles. The fourth-order valence-electron chi connectivity index (χ4n) is 5.31. The molecular formula is C28H28BF2N3O4S. The number of aryl methyl sites for hydroxylation is 1. The van der Waals surface area contributed by atoms with Crippen LogP contribution in [0.4, 0.5) is 8.78 Å². The predicted octanol–water partition coefficient (Wildman–Crippen LogP) is 4.24. The summed E-state index contributed by atoms with van der Waals surface area (Å²) >= 11 is 1.49. The van der Waals surface area contributed by atoms with Crippen molar-refractivity contribution in [2.45, 2.75) is 37.8 Å². The molecule has 1 fully saturated rings. The second-order valence-electron chi connectivity index (χ2n) is 9.61. The Labute approximate surface area is 230 Å². The minimum Gasteiger partial charge on any atom is -0.564 e. The van der Waals surface area contributed by atoms with Crippen LogP contribution >= 0.6 is 11.3 Å². The summed E-state index contributed by atoms with van der Waals surface area (Å²) in [6.45, 7) is 9.64. The van der Waals surface area contributed by atoms with E-state index >= 15 is 4.39 Å². The van der Waals surface area contributed by atoms with Crippen LogP contribution in [-0.4, -0.2) is 42.3 Å². The van der Waals surface area contributed by atoms with E-state index in [1.807, 2.05) is 24.1 Å². The van der Waals surface area contributed by atoms with Crippen molar-refractivity contribution in [3.05, 3.63) is 105 Å². The van der Waals surface area contributed by atoms with Crippen LogP contribution in [0.25, 0.3) is 0 Å². The number of ether oxygens (including phenoxy) is 1. The molecule has 0 N–H and O–H groups in total. The summed E-state index contributed by atoms with van der Waals surface area (Å²) < 4.78 is 42.4. The van der Waals surface area contributed by atoms with Crippen LogP contribution < -0.4 is 19.8 Å². The number of halogens is 2. The van der Waals surface area contributed by atoms with Gasteiger partial charge in [-0.05, 0) is 50.5 Å². The smallest absolute Gasteiger partial charge is 0.322 e. The molecule has 1 amide bonds. The SMILES string of the molecule is BOc1c2n(ccc1=O)N(C(c1ccc(C)s1)c1ccc(F)c(F)c1OCC=C)CN(C1(C=C)CCC1)C2=O. The number of hydrogen-bond donors (Lipinski definition) is 0. The molecule has 39 heavy (non-hydrogen) atoms. The number of aromatic nitrogens is 1. The molecule has 2 aliphatic rings. The molecule has 1 aliphatic carbocycles. The van der Waals surface area contributed by atoms with E-state index in [2.05, 4.69) is 13.2 Å². The van der Waals surface area contributed by atoms with Crippen molar-refractivity contribution >= 4 is 25.3 Å². The van der Waals surface area contributed by atoms with Crippen LogP contribution in [0.3, 0.4) is 0 Å². The van der Waals surface area contributed by atoms with Crippen molar-refractivity contribution in [3.63, 3.8) is 0 Å². The monoisotopic (exact) mass is 551 g/mol. The largest absolute Gasteiger partial charge is 0.564 e. The Bertz CT molecular complexity index is 1520. The van der Waals surface area contributed by atoms with E-state index in [0.29, 0.717) is 5.56 Å². The fraction of sp³-hybridized carbons (Fsp3) is 0.286. The van der Waals surface area contributed by atoms with Crippen molar-refractivity contribution in [1.82, 2.24) is 9.58 Å². The van der Waals surface area contributed by atoms with E-state index in [1.54, 1.807) is 15.7 Å². The number of carbonyl (C=O) groups excluding carboxylic acids is 1. The lowest BCUT2D eigenvalue weighted by atomic mass is 9.75. The van der Waals surface area contributed by atoms with E-state index in [-0.39, 0.29) is 36.4 Å². The first-order valence-corrected chi connectivity index (χ1v) is 13.4. The fourth-order valence-corrected chi connectivity index (χ4v) is 6.31. The van der Waals surface area contributed by atoms with Gasteiger partial charge in [0.05, 0.1) is 5.54 Å². The van der Waals surface area contributed by atoms with Crippen molar-refractivity contribution in [2.75, 3.05) is 18.3 Å². The van der Waals surface area contributed by atoms with Gasteiger partial charge in [0.15, 0.2) is 23.0 Å². The van der Waals surface area contributed by atoms with Gasteiger partial charge in [-0.3, -0.25) is 19.3 Å². The Hall–Kier alpha value is -3.86. The van der Waals surface area contributed by atoms with Crippen LogP contribution in [0.15, 0.2) is 66.6 Å². The van der Waals surface area contributed by atoms with Gasteiger partial charge in [0, 0.05) is 27.6 Å². The molecule has 3 aromatic rings. The predicted molar refractivity (Wildman–Crippen MR) is 149 cm³/mol. The molecule has 11 heteroatoms. The number of amides is 1. The van der Waals surface area contributed by atoms with Crippen LogP contribution in [0.2, 0.25) is 0 Å². The molecule has 202 valence electrons. The van der Waals surface area contributed by atoms with E-state index < -0.39 is 28.6 Å². The van der Waals surface area contributed by atoms with E-state index in [1.165, 1.54) is 43.8 Å². The van der Waals surface area contributed by atoms with Gasteiger partial charge < -0.3 is 14.3 Å². The van der Waals surface area contributed by atoms with Gasteiger partial charge in [-0.15, -0.1) is 17.9 Å². The molecule has 3 heterocycles. The number of thiophene rings is 1. The first-order chi connectivity index (χ1) is 18.8. The Kier molecular flexibility index (Phi) is 7.11. The molecule has 2 aromatic heterocycles. The first-order valence-electron chi connectivity index (χ1n) is 12.6. The van der Waals surface area contributed by atoms with Gasteiger partial charge in [0.25, 0.3) is 5.91 Å². The summed E-state index contributed by atoms with van der Waals surface area (Å²) in [4.78, 5) is 30.3. The number of hydrogen-bond acceptors (Lipinski definition) is 6. The third-order valence-electron chi connectivity index (χ3n) is 7.44. The van der Waals surface area contributed by atoms with Gasteiger partial charge >= 0.3 is 8.05 Å². The zero-order chi connectivity index (χ0) is 27.9. The minimum absolute atomic E-state index is 0.0369. The van der Waals surface area contributed by atoms with Crippen molar-refractivity contribution in [3.8, 4) is 11.5 Å². The highest BCUT2D eigenvalue weighted by molar-refractivity contribution is 7.12. The standard InChI is InChI=1S/C28H28BF2N3O4S/c1-4-15-37-25-18(8-9-19(30)22(25)31)23(21-10-7-17(3)39-21)34-16-32(28(5-2)12-6-13-28)27(36)24-26(38-29)20(35)11-14-33(24)34/h4-5,7-11,14,23H,1-2,6,12-13,15-16,29H2,3H3. The van der Waals surface area contributed by atoms with Gasteiger partial charge in [-0.25, -0.2) is 4.39 Å². The van der Waals surface area contributed by atoms with Crippen LogP contribution in [0.5, 0.6) is 11.5 Å². The summed E-state index contributed by atoms with van der Waals surface area (Å²) in [5, 5.41) is 1.85. The summed E-state index contributed by atoms with van der Waals surface area (Å²) in [7, 11) is 1.34. The maximum absolute atomic E-state index is 15.3. The molecule has 1 unspecified atom stereocenters. The first kappa shape index (κ1) is 26.7. The number of fused-ring (bicyclic) bond motifs is 1. The average Bonchev–Trinajstić information content (AvgIpc) is 3.33. The van der Waals surface area contributed by atoms with Gasteiger partial charge in [0.2, 0.25) is 11.2 Å². The second-order valence-corrected chi connectivity index (χ2v) is 10.9. The molecule has 1 atom stereocenters. The highest BCUT2D eigenvalue weighted by Gasteiger charge is 2.48. The molecular weight excluding hydrogens is 523 g/mol. The summed E-state index contributed by atoms with van der Waals surface area (Å²) in [6.07, 6.45) is 7.10. The Balaban J connectivity index is 1.79. The van der Waals surface area contributed by atoms with E-state index in [4.69, 9.17) is 9.39 Å². The third kappa shape index (κ3) is 4.34. The number of nitrogens with zero attached hydrogens (tertiary/aromatic N) is 3. The number of carbonyl (C=O) groups is 1. The van der Waals surface area contributed by atoms with Crippen molar-refractivity contribution in [1.29, 1.82) is 0 Å². The second kappa shape index (κ2) is 10.4. The maximum Gasteiger partial charge on any atom is 0.322 e. The lowest BCUT2D eigenvalue weighted by Crippen LogP contribution is -2.64. The maximum atomic E-state index is 15.3. The van der Waals surface area contributed by atoms with E-state index in [0.717, 1.165) is 35.1 Å². The highest BCUT2D eigenvalue weighted by Crippen LogP contribution is 2.45. The molecule has 1 aromatic carbocycles. The molecule has 0 bridgehead atoms. The quantitative estimate of drug-likeness (QED) is 0.294. The van der Waals surface area contributed by atoms with Gasteiger partial charge in [-0.2, -0.15) is 4.39 Å². The molecule has 7 nitrogen and oxygen atoms in total. The van der Waals surface area contributed by atoms with Crippen LogP contribution in [0, 0.1) is 18.6 Å². The number of pyridine rings is 1. The summed E-state index contributed by atoms with van der Waals surface area (Å²) in [5.74, 6) is -2.86. The van der Waals surface area contributed by atoms with Gasteiger partial charge in [-0.1, -0.05) is 18.7 Å². The minimum atomic E-state index is -1.11. The van der Waals surface area contributed by atoms with Crippen molar-refractivity contribution in [2.24, 2.45) is 0 Å². The molecule has 0 spiro atoms. The molecule has 0 saturated heterocycles. The van der Waals surface area contributed by atoms with Crippen LogP contribution in [-0.2, 0) is 0 Å². The lowest BCUT2D eigenvalue weighted by Gasteiger charge is -2.53. The normalized spacial score (nSPS) is 16.7. The zero-order valence-corrected chi connectivity index (χ0v) is 22.6. The van der Waals surface area contributed by atoms with Gasteiger partial charge in [0.1, 0.15) is 19.3 Å². The zero-order valence-electron chi connectivity index (χ0n) is 21.8. The molecule has 1 aliphatic heterocycles. The summed E-state index contributed by atoms with van der Waals surface area (Å²) in [6, 6.07) is 7.01. The van der Waals surface area contributed by atoms with Crippen LogP contribution in [0.1, 0.15) is 51.1 Å². The highest BCUT2D eigenvalue weighted by atomic mass is 32.1.